The van der Waals surface area contributed by atoms with Gasteiger partial charge < -0.3 is 14.8 Å². The second kappa shape index (κ2) is 7.53. The number of ether oxygens (including phenoxy) is 2. The number of benzene rings is 2. The molecule has 1 amide bonds. The first-order valence-corrected chi connectivity index (χ1v) is 8.93. The smallest absolute Gasteiger partial charge is 0.231 e. The zero-order chi connectivity index (χ0) is 18.6. The molecule has 0 saturated carbocycles. The molecule has 4 rings (SSSR count). The molecule has 0 radical (unpaired) electrons. The number of anilines is 1. The highest BCUT2D eigenvalue weighted by molar-refractivity contribution is 5.90. The van der Waals surface area contributed by atoms with Gasteiger partial charge in [0.1, 0.15) is 5.82 Å². The number of hydrogen-bond donors (Lipinski definition) is 1. The third-order valence-corrected chi connectivity index (χ3v) is 4.48. The maximum Gasteiger partial charge on any atom is 0.231 e. The normalized spacial score (nSPS) is 12.2. The fourth-order valence-electron chi connectivity index (χ4n) is 3.11. The molecule has 0 bridgehead atoms. The summed E-state index contributed by atoms with van der Waals surface area (Å²) in [7, 11) is 0. The Labute approximate surface area is 157 Å². The summed E-state index contributed by atoms with van der Waals surface area (Å²) in [5.74, 6) is 2.15. The summed E-state index contributed by atoms with van der Waals surface area (Å²) in [5, 5.41) is 7.28. The molecule has 0 atom stereocenters. The molecule has 6 heteroatoms. The molecule has 0 unspecified atom stereocenters. The molecule has 27 heavy (non-hydrogen) atoms. The van der Waals surface area contributed by atoms with E-state index in [0.717, 1.165) is 22.6 Å². The van der Waals surface area contributed by atoms with Gasteiger partial charge in [-0.1, -0.05) is 35.9 Å². The van der Waals surface area contributed by atoms with E-state index in [1.54, 1.807) is 10.9 Å². The summed E-state index contributed by atoms with van der Waals surface area (Å²) in [4.78, 5) is 12.4. The molecule has 2 aromatic carbocycles. The Balaban J connectivity index is 1.35. The van der Waals surface area contributed by atoms with E-state index in [0.29, 0.717) is 25.2 Å². The van der Waals surface area contributed by atoms with Crippen LogP contribution in [0.1, 0.15) is 23.1 Å². The van der Waals surface area contributed by atoms with Crippen molar-refractivity contribution in [3.8, 4) is 11.5 Å². The number of amides is 1. The van der Waals surface area contributed by atoms with Gasteiger partial charge in [-0.3, -0.25) is 4.79 Å². The zero-order valence-electron chi connectivity index (χ0n) is 15.1. The molecule has 2 heterocycles. The van der Waals surface area contributed by atoms with E-state index in [2.05, 4.69) is 35.5 Å². The van der Waals surface area contributed by atoms with Crippen LogP contribution in [0.25, 0.3) is 0 Å². The SMILES string of the molecule is Cc1cccc(Cn2nccc2NC(=O)CCc2ccc3c(c2)OCO3)c1. The zero-order valence-corrected chi connectivity index (χ0v) is 15.1. The minimum absolute atomic E-state index is 0.0429. The lowest BCUT2D eigenvalue weighted by molar-refractivity contribution is -0.116. The van der Waals surface area contributed by atoms with E-state index in [9.17, 15) is 4.79 Å². The van der Waals surface area contributed by atoms with Crippen molar-refractivity contribution >= 4 is 11.7 Å². The third-order valence-electron chi connectivity index (χ3n) is 4.48. The molecule has 1 aliphatic rings. The first-order valence-electron chi connectivity index (χ1n) is 8.93. The first-order chi connectivity index (χ1) is 13.2. The van der Waals surface area contributed by atoms with Crippen molar-refractivity contribution in [2.45, 2.75) is 26.3 Å². The molecule has 6 nitrogen and oxygen atoms in total. The molecule has 1 N–H and O–H groups in total. The van der Waals surface area contributed by atoms with Gasteiger partial charge in [0.25, 0.3) is 0 Å². The summed E-state index contributed by atoms with van der Waals surface area (Å²) < 4.78 is 12.5. The molecule has 0 spiro atoms. The van der Waals surface area contributed by atoms with Crippen molar-refractivity contribution in [1.82, 2.24) is 9.78 Å². The van der Waals surface area contributed by atoms with Crippen LogP contribution in [0.2, 0.25) is 0 Å². The molecule has 0 saturated heterocycles. The Morgan fingerprint density at radius 2 is 2.00 bits per heavy atom. The number of rotatable bonds is 6. The maximum absolute atomic E-state index is 12.4. The fourth-order valence-corrected chi connectivity index (χ4v) is 3.11. The van der Waals surface area contributed by atoms with Gasteiger partial charge >= 0.3 is 0 Å². The predicted octanol–water partition coefficient (Wildman–Crippen LogP) is 3.54. The van der Waals surface area contributed by atoms with Crippen LogP contribution in [0, 0.1) is 6.92 Å². The Kier molecular flexibility index (Phi) is 4.78. The summed E-state index contributed by atoms with van der Waals surface area (Å²) >= 11 is 0. The Morgan fingerprint density at radius 3 is 2.89 bits per heavy atom. The second-order valence-corrected chi connectivity index (χ2v) is 6.60. The molecule has 0 fully saturated rings. The lowest BCUT2D eigenvalue weighted by Gasteiger charge is -2.10. The monoisotopic (exact) mass is 363 g/mol. The van der Waals surface area contributed by atoms with Gasteiger partial charge in [0, 0.05) is 12.5 Å². The van der Waals surface area contributed by atoms with Crippen LogP contribution in [0.5, 0.6) is 11.5 Å². The van der Waals surface area contributed by atoms with Crippen molar-refractivity contribution in [1.29, 1.82) is 0 Å². The minimum Gasteiger partial charge on any atom is -0.454 e. The van der Waals surface area contributed by atoms with Crippen molar-refractivity contribution in [3.05, 3.63) is 71.4 Å². The van der Waals surface area contributed by atoms with E-state index >= 15 is 0 Å². The first kappa shape index (κ1) is 17.1. The van der Waals surface area contributed by atoms with Crippen molar-refractivity contribution in [2.24, 2.45) is 0 Å². The standard InChI is InChI=1S/C21H21N3O3/c1-15-3-2-4-17(11-15)13-24-20(9-10-22-24)23-21(25)8-6-16-5-7-18-19(12-16)27-14-26-18/h2-5,7,9-12H,6,8,13-14H2,1H3,(H,23,25). The fraction of sp³-hybridized carbons (Fsp3) is 0.238. The Morgan fingerprint density at radius 1 is 1.11 bits per heavy atom. The van der Waals surface area contributed by atoms with Gasteiger partial charge in [-0.05, 0) is 36.6 Å². The van der Waals surface area contributed by atoms with Crippen LogP contribution in [0.4, 0.5) is 5.82 Å². The number of nitrogens with zero attached hydrogens (tertiary/aromatic N) is 2. The van der Waals surface area contributed by atoms with Crippen LogP contribution < -0.4 is 14.8 Å². The highest BCUT2D eigenvalue weighted by Gasteiger charge is 2.14. The average molecular weight is 363 g/mol. The lowest BCUT2D eigenvalue weighted by Crippen LogP contribution is -2.16. The van der Waals surface area contributed by atoms with Gasteiger partial charge in [0.15, 0.2) is 11.5 Å². The van der Waals surface area contributed by atoms with E-state index < -0.39 is 0 Å². The van der Waals surface area contributed by atoms with Crippen molar-refractivity contribution in [2.75, 3.05) is 12.1 Å². The molecular formula is C21H21N3O3. The van der Waals surface area contributed by atoms with E-state index in [1.807, 2.05) is 30.3 Å². The van der Waals surface area contributed by atoms with Gasteiger partial charge in [-0.15, -0.1) is 0 Å². The third kappa shape index (κ3) is 4.11. The summed E-state index contributed by atoms with van der Waals surface area (Å²) in [6.07, 6.45) is 2.72. The highest BCUT2D eigenvalue weighted by Crippen LogP contribution is 2.32. The number of hydrogen-bond acceptors (Lipinski definition) is 4. The number of carbonyl (C=O) groups excluding carboxylic acids is 1. The van der Waals surface area contributed by atoms with Crippen LogP contribution in [-0.4, -0.2) is 22.5 Å². The van der Waals surface area contributed by atoms with Crippen LogP contribution in [0.3, 0.4) is 0 Å². The number of carbonyl (C=O) groups is 1. The summed E-state index contributed by atoms with van der Waals surface area (Å²) in [6, 6.07) is 15.8. The summed E-state index contributed by atoms with van der Waals surface area (Å²) in [5.41, 5.74) is 3.39. The predicted molar refractivity (Wildman–Crippen MR) is 102 cm³/mol. The van der Waals surface area contributed by atoms with E-state index in [-0.39, 0.29) is 12.7 Å². The van der Waals surface area contributed by atoms with Crippen molar-refractivity contribution < 1.29 is 14.3 Å². The molecule has 138 valence electrons. The molecular weight excluding hydrogens is 342 g/mol. The van der Waals surface area contributed by atoms with Gasteiger partial charge in [0.2, 0.25) is 12.7 Å². The van der Waals surface area contributed by atoms with Crippen molar-refractivity contribution in [3.63, 3.8) is 0 Å². The minimum atomic E-state index is -0.0429. The highest BCUT2D eigenvalue weighted by atomic mass is 16.7. The molecule has 0 aliphatic carbocycles. The topological polar surface area (TPSA) is 65.4 Å². The number of aromatic nitrogens is 2. The van der Waals surface area contributed by atoms with E-state index in [4.69, 9.17) is 9.47 Å². The Hall–Kier alpha value is -3.28. The number of aryl methyl sites for hydroxylation is 2. The van der Waals surface area contributed by atoms with Gasteiger partial charge in [0.05, 0.1) is 12.7 Å². The molecule has 1 aromatic heterocycles. The second-order valence-electron chi connectivity index (χ2n) is 6.60. The van der Waals surface area contributed by atoms with Gasteiger partial charge in [-0.2, -0.15) is 5.10 Å². The van der Waals surface area contributed by atoms with Crippen LogP contribution >= 0.6 is 0 Å². The van der Waals surface area contributed by atoms with Crippen LogP contribution in [0.15, 0.2) is 54.7 Å². The van der Waals surface area contributed by atoms with Gasteiger partial charge in [-0.25, -0.2) is 4.68 Å². The number of fused-ring (bicyclic) bond motifs is 1. The average Bonchev–Trinajstić information content (AvgIpc) is 3.29. The quantitative estimate of drug-likeness (QED) is 0.727. The molecule has 1 aliphatic heterocycles. The largest absolute Gasteiger partial charge is 0.454 e. The van der Waals surface area contributed by atoms with E-state index in [1.165, 1.54) is 5.56 Å². The lowest BCUT2D eigenvalue weighted by atomic mass is 10.1. The number of nitrogens with one attached hydrogen (secondary N) is 1. The maximum atomic E-state index is 12.4. The molecule has 3 aromatic rings. The summed E-state index contributed by atoms with van der Waals surface area (Å²) in [6.45, 7) is 2.93. The Bertz CT molecular complexity index is 965. The van der Waals surface area contributed by atoms with Crippen LogP contribution in [-0.2, 0) is 17.8 Å².